The van der Waals surface area contributed by atoms with Crippen LogP contribution >= 0.6 is 0 Å². The van der Waals surface area contributed by atoms with Gasteiger partial charge in [-0.2, -0.15) is 0 Å². The molecule has 1 N–H and O–H groups in total. The molecule has 138 valence electrons. The number of ether oxygens (including phenoxy) is 2. The molecule has 8 heteroatoms. The molecule has 2 bridgehead atoms. The van der Waals surface area contributed by atoms with Crippen LogP contribution in [-0.4, -0.2) is 23.4 Å². The molecule has 2 saturated carbocycles. The number of anilines is 1. The highest BCUT2D eigenvalue weighted by Gasteiger charge is 2.72. The zero-order valence-electron chi connectivity index (χ0n) is 14.9. The summed E-state index contributed by atoms with van der Waals surface area (Å²) in [5.41, 5.74) is -2.12. The largest absolute Gasteiger partial charge is 0.454 e. The van der Waals surface area contributed by atoms with Crippen LogP contribution in [0.25, 0.3) is 0 Å². The van der Waals surface area contributed by atoms with Crippen LogP contribution in [0.1, 0.15) is 40.0 Å². The standard InChI is InChI=1S/C18H20N2O6/c1-16(2)17(3)4-5-18(16,8-14(17)21)15(22)19-10-6-12-13(26-9-25-12)7-11(10)20(23)24/h6-7H,4-5,8-9H2,1-3H3,(H,19,22). The smallest absolute Gasteiger partial charge is 0.296 e. The van der Waals surface area contributed by atoms with Gasteiger partial charge in [-0.25, -0.2) is 0 Å². The van der Waals surface area contributed by atoms with Gasteiger partial charge in [0.2, 0.25) is 12.7 Å². The van der Waals surface area contributed by atoms with Crippen molar-refractivity contribution in [3.8, 4) is 11.5 Å². The molecule has 3 aliphatic rings. The Bertz CT molecular complexity index is 863. The normalized spacial score (nSPS) is 30.5. The molecule has 1 aliphatic heterocycles. The number of amides is 1. The van der Waals surface area contributed by atoms with Crippen LogP contribution in [0.2, 0.25) is 0 Å². The fraction of sp³-hybridized carbons (Fsp3) is 0.556. The van der Waals surface area contributed by atoms with Crippen LogP contribution in [-0.2, 0) is 9.59 Å². The van der Waals surface area contributed by atoms with E-state index in [0.29, 0.717) is 18.6 Å². The summed E-state index contributed by atoms with van der Waals surface area (Å²) in [6.07, 6.45) is 1.41. The van der Waals surface area contributed by atoms with Gasteiger partial charge in [-0.3, -0.25) is 19.7 Å². The summed E-state index contributed by atoms with van der Waals surface area (Å²) in [4.78, 5) is 36.6. The molecule has 0 aromatic heterocycles. The number of hydrogen-bond donors (Lipinski definition) is 1. The van der Waals surface area contributed by atoms with Gasteiger partial charge in [-0.1, -0.05) is 20.8 Å². The first-order chi connectivity index (χ1) is 12.1. The molecule has 26 heavy (non-hydrogen) atoms. The van der Waals surface area contributed by atoms with E-state index in [9.17, 15) is 19.7 Å². The number of nitro benzene ring substituents is 1. The van der Waals surface area contributed by atoms with E-state index >= 15 is 0 Å². The third-order valence-corrected chi connectivity index (χ3v) is 7.08. The molecule has 1 heterocycles. The van der Waals surface area contributed by atoms with Crippen molar-refractivity contribution in [3.63, 3.8) is 0 Å². The van der Waals surface area contributed by atoms with Crippen LogP contribution in [0, 0.1) is 26.4 Å². The van der Waals surface area contributed by atoms with Crippen molar-refractivity contribution in [2.24, 2.45) is 16.2 Å². The Balaban J connectivity index is 1.72. The molecule has 0 saturated heterocycles. The highest BCUT2D eigenvalue weighted by Crippen LogP contribution is 2.70. The van der Waals surface area contributed by atoms with Crippen molar-refractivity contribution in [2.75, 3.05) is 12.1 Å². The van der Waals surface area contributed by atoms with E-state index in [2.05, 4.69) is 5.32 Å². The molecule has 2 fully saturated rings. The van der Waals surface area contributed by atoms with Crippen molar-refractivity contribution in [1.82, 2.24) is 0 Å². The van der Waals surface area contributed by atoms with Crippen molar-refractivity contribution in [1.29, 1.82) is 0 Å². The average Bonchev–Trinajstić information content (AvgIpc) is 3.14. The molecule has 4 rings (SSSR count). The van der Waals surface area contributed by atoms with Crippen LogP contribution in [0.5, 0.6) is 11.5 Å². The molecule has 2 unspecified atom stereocenters. The van der Waals surface area contributed by atoms with Gasteiger partial charge in [-0.15, -0.1) is 0 Å². The number of benzene rings is 1. The molecule has 2 aliphatic carbocycles. The third-order valence-electron chi connectivity index (χ3n) is 7.08. The van der Waals surface area contributed by atoms with E-state index in [1.807, 2.05) is 20.8 Å². The number of rotatable bonds is 3. The number of fused-ring (bicyclic) bond motifs is 3. The second-order valence-electron chi connectivity index (χ2n) is 8.07. The lowest BCUT2D eigenvalue weighted by molar-refractivity contribution is -0.384. The Labute approximate surface area is 150 Å². The van der Waals surface area contributed by atoms with Crippen LogP contribution in [0.3, 0.4) is 0 Å². The number of carbonyl (C=O) groups excluding carboxylic acids is 2. The van der Waals surface area contributed by atoms with Gasteiger partial charge in [0.25, 0.3) is 5.69 Å². The van der Waals surface area contributed by atoms with Crippen LogP contribution < -0.4 is 14.8 Å². The van der Waals surface area contributed by atoms with Gasteiger partial charge < -0.3 is 14.8 Å². The lowest BCUT2D eigenvalue weighted by Gasteiger charge is -2.38. The lowest BCUT2D eigenvalue weighted by atomic mass is 9.64. The molecule has 8 nitrogen and oxygen atoms in total. The topological polar surface area (TPSA) is 108 Å². The van der Waals surface area contributed by atoms with E-state index in [-0.39, 0.29) is 42.0 Å². The molecular formula is C18H20N2O6. The molecule has 0 radical (unpaired) electrons. The van der Waals surface area contributed by atoms with Gasteiger partial charge in [0.05, 0.1) is 16.4 Å². The number of carbonyl (C=O) groups is 2. The minimum Gasteiger partial charge on any atom is -0.454 e. The Morgan fingerprint density at radius 2 is 1.85 bits per heavy atom. The van der Waals surface area contributed by atoms with Crippen LogP contribution in [0.15, 0.2) is 12.1 Å². The number of Topliss-reactive ketones (excluding diaryl/α,β-unsaturated/α-hetero) is 1. The van der Waals surface area contributed by atoms with Crippen molar-refractivity contribution < 1.29 is 24.0 Å². The number of ketones is 1. The Morgan fingerprint density at radius 1 is 1.19 bits per heavy atom. The van der Waals surface area contributed by atoms with Gasteiger partial charge in [-0.05, 0) is 18.3 Å². The monoisotopic (exact) mass is 360 g/mol. The molecule has 1 aromatic carbocycles. The zero-order valence-corrected chi connectivity index (χ0v) is 14.9. The highest BCUT2D eigenvalue weighted by atomic mass is 16.7. The van der Waals surface area contributed by atoms with E-state index in [4.69, 9.17) is 9.47 Å². The highest BCUT2D eigenvalue weighted by molar-refractivity contribution is 6.05. The van der Waals surface area contributed by atoms with Crippen molar-refractivity contribution >= 4 is 23.1 Å². The molecule has 2 atom stereocenters. The van der Waals surface area contributed by atoms with Gasteiger partial charge >= 0.3 is 0 Å². The quantitative estimate of drug-likeness (QED) is 0.656. The molecular weight excluding hydrogens is 340 g/mol. The Morgan fingerprint density at radius 3 is 2.38 bits per heavy atom. The molecule has 0 spiro atoms. The van der Waals surface area contributed by atoms with Gasteiger partial charge in [0.15, 0.2) is 11.5 Å². The van der Waals surface area contributed by atoms with Crippen molar-refractivity contribution in [2.45, 2.75) is 40.0 Å². The van der Waals surface area contributed by atoms with Gasteiger partial charge in [0.1, 0.15) is 11.5 Å². The Hall–Kier alpha value is -2.64. The first kappa shape index (κ1) is 16.8. The summed E-state index contributed by atoms with van der Waals surface area (Å²) in [5, 5.41) is 14.1. The summed E-state index contributed by atoms with van der Waals surface area (Å²) in [6, 6.07) is 2.66. The fourth-order valence-electron chi connectivity index (χ4n) is 4.78. The number of nitrogens with one attached hydrogen (secondary N) is 1. The summed E-state index contributed by atoms with van der Waals surface area (Å²) in [7, 11) is 0. The van der Waals surface area contributed by atoms with E-state index in [0.717, 1.165) is 0 Å². The minimum absolute atomic E-state index is 0.0201. The Kier molecular flexibility index (Phi) is 3.21. The first-order valence-corrected chi connectivity index (χ1v) is 8.55. The minimum atomic E-state index is -0.858. The second kappa shape index (κ2) is 4.96. The number of nitro groups is 1. The SMILES string of the molecule is CC12CCC(C(=O)Nc3cc4c(cc3[N+](=O)[O-])OCO4)(CC1=O)C2(C)C. The van der Waals surface area contributed by atoms with E-state index < -0.39 is 21.2 Å². The zero-order chi connectivity index (χ0) is 18.9. The maximum atomic E-state index is 13.2. The third kappa shape index (κ3) is 1.84. The molecule has 1 amide bonds. The van der Waals surface area contributed by atoms with Crippen LogP contribution in [0.4, 0.5) is 11.4 Å². The summed E-state index contributed by atoms with van der Waals surface area (Å²) >= 11 is 0. The number of hydrogen-bond acceptors (Lipinski definition) is 6. The lowest BCUT2D eigenvalue weighted by Crippen LogP contribution is -2.43. The predicted octanol–water partition coefficient (Wildman–Crippen LogP) is 3.05. The van der Waals surface area contributed by atoms with E-state index in [1.165, 1.54) is 12.1 Å². The molecule has 1 aromatic rings. The average molecular weight is 360 g/mol. The van der Waals surface area contributed by atoms with Crippen molar-refractivity contribution in [3.05, 3.63) is 22.2 Å². The summed E-state index contributed by atoms with van der Waals surface area (Å²) < 4.78 is 10.4. The number of nitrogens with zero attached hydrogens (tertiary/aromatic N) is 1. The maximum Gasteiger partial charge on any atom is 0.296 e. The van der Waals surface area contributed by atoms with E-state index in [1.54, 1.807) is 0 Å². The second-order valence-corrected chi connectivity index (χ2v) is 8.07. The summed E-state index contributed by atoms with van der Waals surface area (Å²) in [6.45, 7) is 5.78. The first-order valence-electron chi connectivity index (χ1n) is 8.55. The summed E-state index contributed by atoms with van der Waals surface area (Å²) in [5.74, 6) is 0.363. The maximum absolute atomic E-state index is 13.2. The van der Waals surface area contributed by atoms with Gasteiger partial charge in [0, 0.05) is 17.9 Å². The predicted molar refractivity (Wildman–Crippen MR) is 91.0 cm³/mol. The fourth-order valence-corrected chi connectivity index (χ4v) is 4.78.